The molecule has 1 fully saturated rings. The topological polar surface area (TPSA) is 74.3 Å². The summed E-state index contributed by atoms with van der Waals surface area (Å²) in [7, 11) is 4.38. The van der Waals surface area contributed by atoms with Crippen LogP contribution in [0.4, 0.5) is 0 Å². The summed E-state index contributed by atoms with van der Waals surface area (Å²) in [4.78, 5) is 26.7. The molecule has 1 saturated heterocycles. The zero-order valence-electron chi connectivity index (χ0n) is 15.9. The van der Waals surface area contributed by atoms with E-state index in [4.69, 9.17) is 18.9 Å². The van der Waals surface area contributed by atoms with Gasteiger partial charge in [-0.15, -0.1) is 0 Å². The summed E-state index contributed by atoms with van der Waals surface area (Å²) in [5.74, 6) is 0.160. The second-order valence-electron chi connectivity index (χ2n) is 6.10. The Bertz CT molecular complexity index is 645. The molecule has 26 heavy (non-hydrogen) atoms. The van der Waals surface area contributed by atoms with Gasteiger partial charge in [0.2, 0.25) is 5.75 Å². The van der Waals surface area contributed by atoms with Crippen molar-refractivity contribution in [3.05, 3.63) is 17.7 Å². The number of ether oxygens (including phenoxy) is 4. The van der Waals surface area contributed by atoms with Gasteiger partial charge >= 0.3 is 5.97 Å². The zero-order valence-corrected chi connectivity index (χ0v) is 15.9. The number of nitrogens with zero attached hydrogens (tertiary/aromatic N) is 1. The molecule has 144 valence electrons. The summed E-state index contributed by atoms with van der Waals surface area (Å²) in [5.41, 5.74) is 0.184. The van der Waals surface area contributed by atoms with E-state index in [9.17, 15) is 9.59 Å². The van der Waals surface area contributed by atoms with E-state index in [-0.39, 0.29) is 29.9 Å². The first-order valence-electron chi connectivity index (χ1n) is 8.82. The number of piperidine rings is 1. The second-order valence-corrected chi connectivity index (χ2v) is 6.10. The summed E-state index contributed by atoms with van der Waals surface area (Å²) in [6.07, 6.45) is 4.02. The van der Waals surface area contributed by atoms with Crippen molar-refractivity contribution in [3.8, 4) is 17.2 Å². The van der Waals surface area contributed by atoms with Gasteiger partial charge in [-0.1, -0.05) is 6.92 Å². The van der Waals surface area contributed by atoms with E-state index in [2.05, 4.69) is 6.92 Å². The molecule has 7 heteroatoms. The van der Waals surface area contributed by atoms with E-state index in [1.807, 2.05) is 4.90 Å². The summed E-state index contributed by atoms with van der Waals surface area (Å²) in [6, 6.07) is 3.35. The second kappa shape index (κ2) is 9.31. The summed E-state index contributed by atoms with van der Waals surface area (Å²) in [6.45, 7) is 2.50. The van der Waals surface area contributed by atoms with E-state index >= 15 is 0 Å². The molecule has 1 atom stereocenters. The van der Waals surface area contributed by atoms with Crippen molar-refractivity contribution in [3.63, 3.8) is 0 Å². The van der Waals surface area contributed by atoms with E-state index in [0.717, 1.165) is 25.7 Å². The molecule has 0 unspecified atom stereocenters. The molecular formula is C19H27NO6. The molecule has 1 amide bonds. The first-order valence-corrected chi connectivity index (χ1v) is 8.82. The quantitative estimate of drug-likeness (QED) is 0.692. The minimum atomic E-state index is -0.638. The smallest absolute Gasteiger partial charge is 0.342 e. The third-order valence-corrected chi connectivity index (χ3v) is 4.67. The molecule has 0 radical (unpaired) electrons. The maximum atomic E-state index is 12.5. The standard InChI is InChI=1S/C19H27NO6/c1-5-13-8-6-7-11-20(13)16(21)12-26-19(22)14-9-10-15(23-2)18(25-4)17(14)24-3/h9-10,13H,5-8,11-12H2,1-4H3/t13-/m1/s1. The highest BCUT2D eigenvalue weighted by atomic mass is 16.5. The summed E-state index contributed by atoms with van der Waals surface area (Å²) in [5, 5.41) is 0. The highest BCUT2D eigenvalue weighted by molar-refractivity contribution is 5.95. The van der Waals surface area contributed by atoms with E-state index in [1.165, 1.54) is 27.4 Å². The van der Waals surface area contributed by atoms with Crippen LogP contribution in [-0.2, 0) is 9.53 Å². The van der Waals surface area contributed by atoms with Crippen LogP contribution in [0.2, 0.25) is 0 Å². The van der Waals surface area contributed by atoms with Gasteiger partial charge in [-0.3, -0.25) is 4.79 Å². The van der Waals surface area contributed by atoms with Crippen molar-refractivity contribution in [1.29, 1.82) is 0 Å². The number of amides is 1. The fourth-order valence-electron chi connectivity index (χ4n) is 3.30. The van der Waals surface area contributed by atoms with Gasteiger partial charge in [-0.25, -0.2) is 4.79 Å². The van der Waals surface area contributed by atoms with Crippen molar-refractivity contribution in [2.75, 3.05) is 34.5 Å². The first-order chi connectivity index (χ1) is 12.6. The molecule has 1 aliphatic heterocycles. The molecule has 0 bridgehead atoms. The molecule has 0 saturated carbocycles. The van der Waals surface area contributed by atoms with Crippen LogP contribution in [-0.4, -0.2) is 57.3 Å². The normalized spacial score (nSPS) is 16.8. The molecule has 1 aliphatic rings. The Labute approximate surface area is 154 Å². The van der Waals surface area contributed by atoms with E-state index < -0.39 is 5.97 Å². The van der Waals surface area contributed by atoms with Gasteiger partial charge in [0.25, 0.3) is 5.91 Å². The number of benzene rings is 1. The lowest BCUT2D eigenvalue weighted by Crippen LogP contribution is -2.45. The molecule has 1 aromatic carbocycles. The lowest BCUT2D eigenvalue weighted by atomic mass is 10.00. The minimum absolute atomic E-state index is 0.163. The number of carbonyl (C=O) groups excluding carboxylic acids is 2. The van der Waals surface area contributed by atoms with Crippen molar-refractivity contribution >= 4 is 11.9 Å². The van der Waals surface area contributed by atoms with Crippen LogP contribution in [0.5, 0.6) is 17.2 Å². The number of likely N-dealkylation sites (tertiary alicyclic amines) is 1. The van der Waals surface area contributed by atoms with E-state index in [0.29, 0.717) is 18.0 Å². The molecule has 0 aromatic heterocycles. The van der Waals surface area contributed by atoms with E-state index in [1.54, 1.807) is 6.07 Å². The van der Waals surface area contributed by atoms with Gasteiger partial charge in [-0.05, 0) is 37.8 Å². The predicted molar refractivity (Wildman–Crippen MR) is 96.0 cm³/mol. The first kappa shape index (κ1) is 19.9. The Morgan fingerprint density at radius 3 is 2.42 bits per heavy atom. The van der Waals surface area contributed by atoms with Crippen LogP contribution in [0.1, 0.15) is 43.0 Å². The lowest BCUT2D eigenvalue weighted by Gasteiger charge is -2.35. The van der Waals surface area contributed by atoms with Crippen LogP contribution in [0.25, 0.3) is 0 Å². The fraction of sp³-hybridized carbons (Fsp3) is 0.579. The third kappa shape index (κ3) is 4.20. The zero-order chi connectivity index (χ0) is 19.1. The average molecular weight is 365 g/mol. The van der Waals surface area contributed by atoms with Crippen molar-refractivity contribution < 1.29 is 28.5 Å². The molecule has 2 rings (SSSR count). The van der Waals surface area contributed by atoms with Crippen LogP contribution in [0.15, 0.2) is 12.1 Å². The lowest BCUT2D eigenvalue weighted by molar-refractivity contribution is -0.138. The number of hydrogen-bond donors (Lipinski definition) is 0. The Kier molecular flexibility index (Phi) is 7.12. The van der Waals surface area contributed by atoms with Gasteiger partial charge in [0, 0.05) is 12.6 Å². The maximum absolute atomic E-state index is 12.5. The molecule has 1 heterocycles. The Balaban J connectivity index is 2.09. The molecular weight excluding hydrogens is 338 g/mol. The van der Waals surface area contributed by atoms with Crippen molar-refractivity contribution in [1.82, 2.24) is 4.90 Å². The van der Waals surface area contributed by atoms with Crippen molar-refractivity contribution in [2.24, 2.45) is 0 Å². The van der Waals surface area contributed by atoms with Crippen LogP contribution in [0, 0.1) is 0 Å². The highest BCUT2D eigenvalue weighted by Crippen LogP contribution is 2.39. The highest BCUT2D eigenvalue weighted by Gasteiger charge is 2.27. The minimum Gasteiger partial charge on any atom is -0.493 e. The largest absolute Gasteiger partial charge is 0.493 e. The average Bonchev–Trinajstić information content (AvgIpc) is 2.70. The monoisotopic (exact) mass is 365 g/mol. The van der Waals surface area contributed by atoms with Gasteiger partial charge in [0.15, 0.2) is 18.1 Å². The van der Waals surface area contributed by atoms with Gasteiger partial charge in [0.1, 0.15) is 5.56 Å². The number of carbonyl (C=O) groups is 2. The molecule has 0 N–H and O–H groups in total. The fourth-order valence-corrected chi connectivity index (χ4v) is 3.30. The van der Waals surface area contributed by atoms with Crippen molar-refractivity contribution in [2.45, 2.75) is 38.6 Å². The van der Waals surface area contributed by atoms with Crippen LogP contribution in [0.3, 0.4) is 0 Å². The summed E-state index contributed by atoms with van der Waals surface area (Å²) < 4.78 is 21.0. The van der Waals surface area contributed by atoms with Crippen LogP contribution >= 0.6 is 0 Å². The number of rotatable bonds is 7. The number of hydrogen-bond acceptors (Lipinski definition) is 6. The molecule has 1 aromatic rings. The Hall–Kier alpha value is -2.44. The molecule has 0 spiro atoms. The molecule has 0 aliphatic carbocycles. The number of methoxy groups -OCH3 is 3. The maximum Gasteiger partial charge on any atom is 0.342 e. The number of esters is 1. The van der Waals surface area contributed by atoms with Gasteiger partial charge in [0.05, 0.1) is 21.3 Å². The Morgan fingerprint density at radius 1 is 1.08 bits per heavy atom. The van der Waals surface area contributed by atoms with Gasteiger partial charge in [-0.2, -0.15) is 0 Å². The summed E-state index contributed by atoms with van der Waals surface area (Å²) >= 11 is 0. The van der Waals surface area contributed by atoms with Gasteiger partial charge < -0.3 is 23.8 Å². The molecule has 7 nitrogen and oxygen atoms in total. The predicted octanol–water partition coefficient (Wildman–Crippen LogP) is 2.66. The van der Waals surface area contributed by atoms with Crippen LogP contribution < -0.4 is 14.2 Å². The Morgan fingerprint density at radius 2 is 1.81 bits per heavy atom. The third-order valence-electron chi connectivity index (χ3n) is 4.67. The SMILES string of the molecule is CC[C@@H]1CCCCN1C(=O)COC(=O)c1ccc(OC)c(OC)c1OC.